The predicted octanol–water partition coefficient (Wildman–Crippen LogP) is 3.16. The lowest BCUT2D eigenvalue weighted by Crippen LogP contribution is -2.34. The van der Waals surface area contributed by atoms with Crippen LogP contribution in [-0.4, -0.2) is 31.6 Å². The number of rotatable bonds is 2. The summed E-state index contributed by atoms with van der Waals surface area (Å²) in [7, 11) is -3.55. The Labute approximate surface area is 148 Å². The average Bonchev–Trinajstić information content (AvgIpc) is 3.07. The van der Waals surface area contributed by atoms with Crippen molar-refractivity contribution in [2.75, 3.05) is 13.1 Å². The Morgan fingerprint density at radius 3 is 2.48 bits per heavy atom. The number of sulfonamides is 1. The molecule has 1 fully saturated rings. The summed E-state index contributed by atoms with van der Waals surface area (Å²) < 4.78 is 27.7. The van der Waals surface area contributed by atoms with Crippen molar-refractivity contribution < 1.29 is 13.2 Å². The second-order valence-electron chi connectivity index (χ2n) is 7.31. The fourth-order valence-electron chi connectivity index (χ4n) is 4.28. The average molecular weight is 355 g/mol. The number of carbonyl (C=O) groups is 1. The first-order valence-electron chi connectivity index (χ1n) is 8.54. The van der Waals surface area contributed by atoms with E-state index in [1.165, 1.54) is 0 Å². The standard InChI is InChI=1S/C20H21NO3S/c1-14-7-9-16(10-8-14)25(23,24)21-12-15(2)20(13-21)11-19(22)17-5-3-4-6-18(17)20/h3-10,15H,11-13H2,1-2H3/t15-,20+/m1/s1. The first-order valence-corrected chi connectivity index (χ1v) is 9.98. The van der Waals surface area contributed by atoms with Gasteiger partial charge in [-0.3, -0.25) is 4.79 Å². The molecule has 4 rings (SSSR count). The van der Waals surface area contributed by atoms with Gasteiger partial charge in [0.2, 0.25) is 10.0 Å². The van der Waals surface area contributed by atoms with Gasteiger partial charge in [0.25, 0.3) is 0 Å². The lowest BCUT2D eigenvalue weighted by atomic mass is 9.74. The van der Waals surface area contributed by atoms with E-state index in [0.29, 0.717) is 24.4 Å². The molecule has 130 valence electrons. The molecule has 2 aliphatic rings. The number of Topliss-reactive ketones (excluding diaryl/α,β-unsaturated/α-hetero) is 1. The molecular weight excluding hydrogens is 334 g/mol. The molecule has 1 saturated heterocycles. The number of nitrogens with zero attached hydrogens (tertiary/aromatic N) is 1. The SMILES string of the molecule is Cc1ccc(S(=O)(=O)N2C[C@@H](C)[C@]3(CC(=O)c4ccccc43)C2)cc1. The van der Waals surface area contributed by atoms with Crippen LogP contribution in [0, 0.1) is 12.8 Å². The minimum Gasteiger partial charge on any atom is -0.294 e. The number of aryl methyl sites for hydroxylation is 1. The molecule has 0 radical (unpaired) electrons. The summed E-state index contributed by atoms with van der Waals surface area (Å²) in [4.78, 5) is 12.8. The van der Waals surface area contributed by atoms with Crippen LogP contribution in [0.15, 0.2) is 53.4 Å². The van der Waals surface area contributed by atoms with Gasteiger partial charge < -0.3 is 0 Å². The van der Waals surface area contributed by atoms with E-state index in [0.717, 1.165) is 16.7 Å². The first kappa shape index (κ1) is 16.5. The van der Waals surface area contributed by atoms with E-state index < -0.39 is 15.4 Å². The Kier molecular flexibility index (Phi) is 3.63. The minimum atomic E-state index is -3.55. The Hall–Kier alpha value is -1.98. The van der Waals surface area contributed by atoms with E-state index in [-0.39, 0.29) is 11.7 Å². The molecule has 4 nitrogen and oxygen atoms in total. The molecular formula is C20H21NO3S. The molecule has 2 aromatic carbocycles. The molecule has 2 atom stereocenters. The van der Waals surface area contributed by atoms with Crippen LogP contribution in [-0.2, 0) is 15.4 Å². The number of ketones is 1. The van der Waals surface area contributed by atoms with Crippen LogP contribution in [0.3, 0.4) is 0 Å². The van der Waals surface area contributed by atoms with Crippen molar-refractivity contribution in [1.29, 1.82) is 0 Å². The summed E-state index contributed by atoms with van der Waals surface area (Å²) in [6, 6.07) is 14.6. The van der Waals surface area contributed by atoms with Crippen LogP contribution in [0.5, 0.6) is 0 Å². The molecule has 1 aliphatic carbocycles. The topological polar surface area (TPSA) is 54.5 Å². The van der Waals surface area contributed by atoms with Gasteiger partial charge in [0, 0.05) is 30.5 Å². The van der Waals surface area contributed by atoms with E-state index in [9.17, 15) is 13.2 Å². The van der Waals surface area contributed by atoms with Gasteiger partial charge in [0.15, 0.2) is 5.78 Å². The number of fused-ring (bicyclic) bond motifs is 2. The van der Waals surface area contributed by atoms with Gasteiger partial charge >= 0.3 is 0 Å². The zero-order chi connectivity index (χ0) is 17.8. The van der Waals surface area contributed by atoms with E-state index in [4.69, 9.17) is 0 Å². The monoisotopic (exact) mass is 355 g/mol. The van der Waals surface area contributed by atoms with Crippen molar-refractivity contribution in [3.63, 3.8) is 0 Å². The van der Waals surface area contributed by atoms with Crippen molar-refractivity contribution in [2.24, 2.45) is 5.92 Å². The van der Waals surface area contributed by atoms with Crippen molar-refractivity contribution in [2.45, 2.75) is 30.6 Å². The summed E-state index contributed by atoms with van der Waals surface area (Å²) >= 11 is 0. The first-order chi connectivity index (χ1) is 11.8. The number of benzene rings is 2. The lowest BCUT2D eigenvalue weighted by molar-refractivity contribution is 0.0967. The summed E-state index contributed by atoms with van der Waals surface area (Å²) in [5.41, 5.74) is 2.39. The van der Waals surface area contributed by atoms with Crippen LogP contribution < -0.4 is 0 Å². The number of carbonyl (C=O) groups excluding carboxylic acids is 1. The smallest absolute Gasteiger partial charge is 0.243 e. The molecule has 0 N–H and O–H groups in total. The molecule has 0 bridgehead atoms. The maximum atomic E-state index is 13.1. The summed E-state index contributed by atoms with van der Waals surface area (Å²) in [5.74, 6) is 0.220. The molecule has 2 aromatic rings. The molecule has 0 saturated carbocycles. The van der Waals surface area contributed by atoms with E-state index in [1.807, 2.05) is 43.3 Å². The predicted molar refractivity (Wildman–Crippen MR) is 96.2 cm³/mol. The number of hydrogen-bond acceptors (Lipinski definition) is 3. The van der Waals surface area contributed by atoms with Gasteiger partial charge in [-0.1, -0.05) is 48.9 Å². The zero-order valence-electron chi connectivity index (χ0n) is 14.4. The number of hydrogen-bond donors (Lipinski definition) is 0. The van der Waals surface area contributed by atoms with Crippen molar-refractivity contribution in [3.8, 4) is 0 Å². The van der Waals surface area contributed by atoms with Crippen LogP contribution in [0.1, 0.15) is 34.8 Å². The third kappa shape index (κ3) is 2.37. The van der Waals surface area contributed by atoms with Crippen molar-refractivity contribution in [3.05, 3.63) is 65.2 Å². The van der Waals surface area contributed by atoms with Crippen molar-refractivity contribution in [1.82, 2.24) is 4.31 Å². The Morgan fingerprint density at radius 2 is 1.76 bits per heavy atom. The summed E-state index contributed by atoms with van der Waals surface area (Å²) in [6.45, 7) is 4.80. The molecule has 0 aromatic heterocycles. The maximum Gasteiger partial charge on any atom is 0.243 e. The highest BCUT2D eigenvalue weighted by atomic mass is 32.2. The van der Waals surface area contributed by atoms with Gasteiger partial charge in [0.05, 0.1) is 4.90 Å². The zero-order valence-corrected chi connectivity index (χ0v) is 15.2. The minimum absolute atomic E-state index is 0.0975. The van der Waals surface area contributed by atoms with Crippen LogP contribution in [0.25, 0.3) is 0 Å². The Balaban J connectivity index is 1.73. The van der Waals surface area contributed by atoms with Crippen LogP contribution >= 0.6 is 0 Å². The Morgan fingerprint density at radius 1 is 1.08 bits per heavy atom. The summed E-state index contributed by atoms with van der Waals surface area (Å²) in [6.07, 6.45) is 0.396. The highest BCUT2D eigenvalue weighted by molar-refractivity contribution is 7.89. The van der Waals surface area contributed by atoms with Crippen LogP contribution in [0.2, 0.25) is 0 Å². The van der Waals surface area contributed by atoms with Crippen molar-refractivity contribution >= 4 is 15.8 Å². The third-order valence-corrected chi connectivity index (χ3v) is 7.60. The fourth-order valence-corrected chi connectivity index (χ4v) is 5.87. The molecule has 25 heavy (non-hydrogen) atoms. The van der Waals surface area contributed by atoms with Gasteiger partial charge in [-0.05, 0) is 30.5 Å². The highest BCUT2D eigenvalue weighted by Crippen LogP contribution is 2.49. The Bertz CT molecular complexity index is 949. The van der Waals surface area contributed by atoms with Gasteiger partial charge in [-0.25, -0.2) is 8.42 Å². The second kappa shape index (κ2) is 5.51. The van der Waals surface area contributed by atoms with Gasteiger partial charge in [-0.2, -0.15) is 4.31 Å². The maximum absolute atomic E-state index is 13.1. The molecule has 0 unspecified atom stereocenters. The molecule has 1 heterocycles. The molecule has 1 spiro atoms. The van der Waals surface area contributed by atoms with Crippen LogP contribution in [0.4, 0.5) is 0 Å². The summed E-state index contributed by atoms with van der Waals surface area (Å²) in [5, 5.41) is 0. The molecule has 0 amide bonds. The lowest BCUT2D eigenvalue weighted by Gasteiger charge is -2.28. The van der Waals surface area contributed by atoms with E-state index in [2.05, 4.69) is 6.92 Å². The molecule has 5 heteroatoms. The van der Waals surface area contributed by atoms with Gasteiger partial charge in [-0.15, -0.1) is 0 Å². The highest BCUT2D eigenvalue weighted by Gasteiger charge is 2.54. The normalized spacial score (nSPS) is 26.3. The third-order valence-electron chi connectivity index (χ3n) is 5.78. The second-order valence-corrected chi connectivity index (χ2v) is 9.25. The van der Waals surface area contributed by atoms with E-state index in [1.54, 1.807) is 16.4 Å². The molecule has 1 aliphatic heterocycles. The van der Waals surface area contributed by atoms with Gasteiger partial charge in [0.1, 0.15) is 0 Å². The quantitative estimate of drug-likeness (QED) is 0.831. The largest absolute Gasteiger partial charge is 0.294 e. The fraction of sp³-hybridized carbons (Fsp3) is 0.350. The van der Waals surface area contributed by atoms with E-state index >= 15 is 0 Å².